The molecule has 0 saturated heterocycles. The second-order valence-electron chi connectivity index (χ2n) is 3.26. The van der Waals surface area contributed by atoms with E-state index in [1.54, 1.807) is 0 Å². The predicted octanol–water partition coefficient (Wildman–Crippen LogP) is 3.49. The van der Waals surface area contributed by atoms with Crippen LogP contribution in [0.4, 0.5) is 22.0 Å². The molecule has 0 N–H and O–H groups in total. The third kappa shape index (κ3) is 3.15. The number of hydrogen-bond donors (Lipinski definition) is 0. The van der Waals surface area contributed by atoms with E-state index in [1.807, 2.05) is 0 Å². The average Bonchev–Trinajstić information content (AvgIpc) is 2.21. The Kier molecular flexibility index (Phi) is 4.08. The van der Waals surface area contributed by atoms with E-state index in [9.17, 15) is 26.7 Å². The van der Waals surface area contributed by atoms with E-state index < -0.39 is 30.4 Å². The molecule has 0 atom stereocenters. The van der Waals surface area contributed by atoms with Crippen LogP contribution in [0.2, 0.25) is 5.02 Å². The number of ketones is 1. The molecule has 0 aliphatic heterocycles. The highest BCUT2D eigenvalue weighted by Crippen LogP contribution is 2.27. The predicted molar refractivity (Wildman–Crippen MR) is 51.1 cm³/mol. The molecular weight excluding hydrogens is 267 g/mol. The third-order valence-electron chi connectivity index (χ3n) is 2.01. The van der Waals surface area contributed by atoms with Gasteiger partial charge in [-0.15, -0.1) is 0 Å². The number of hydrogen-bond acceptors (Lipinski definition) is 1. The lowest BCUT2D eigenvalue weighted by atomic mass is 10.0. The summed E-state index contributed by atoms with van der Waals surface area (Å²) >= 11 is 5.48. The van der Waals surface area contributed by atoms with Gasteiger partial charge in [0.1, 0.15) is 5.82 Å². The maximum absolute atomic E-state index is 12.6. The van der Waals surface area contributed by atoms with Gasteiger partial charge in [-0.3, -0.25) is 4.79 Å². The molecule has 0 bridgehead atoms. The van der Waals surface area contributed by atoms with Gasteiger partial charge < -0.3 is 0 Å². The first-order valence-corrected chi connectivity index (χ1v) is 4.76. The molecule has 1 rings (SSSR count). The van der Waals surface area contributed by atoms with E-state index in [1.165, 1.54) is 0 Å². The van der Waals surface area contributed by atoms with Crippen LogP contribution in [0.15, 0.2) is 18.2 Å². The standard InChI is InChI=1S/C10H6ClF5O/c11-7-4-6(12)2-1-5(7)3-8(17)10(15,16)9(13)14/h1-2,4,9H,3H2. The van der Waals surface area contributed by atoms with E-state index in [0.717, 1.165) is 18.2 Å². The van der Waals surface area contributed by atoms with Crippen molar-refractivity contribution in [3.8, 4) is 0 Å². The van der Waals surface area contributed by atoms with Crippen molar-refractivity contribution in [2.45, 2.75) is 18.8 Å². The first-order chi connectivity index (χ1) is 7.75. The highest BCUT2D eigenvalue weighted by atomic mass is 35.5. The van der Waals surface area contributed by atoms with Gasteiger partial charge in [-0.2, -0.15) is 8.78 Å². The lowest BCUT2D eigenvalue weighted by Gasteiger charge is -2.14. The molecule has 0 unspecified atom stereocenters. The normalized spacial score (nSPS) is 11.9. The van der Waals surface area contributed by atoms with E-state index in [2.05, 4.69) is 0 Å². The van der Waals surface area contributed by atoms with Crippen molar-refractivity contribution >= 4 is 17.4 Å². The van der Waals surface area contributed by atoms with Gasteiger partial charge in [-0.05, 0) is 17.7 Å². The summed E-state index contributed by atoms with van der Waals surface area (Å²) < 4.78 is 61.6. The zero-order valence-electron chi connectivity index (χ0n) is 8.19. The van der Waals surface area contributed by atoms with Crippen LogP contribution < -0.4 is 0 Å². The molecule has 0 spiro atoms. The lowest BCUT2D eigenvalue weighted by molar-refractivity contribution is -0.166. The van der Waals surface area contributed by atoms with Gasteiger partial charge >= 0.3 is 12.3 Å². The minimum absolute atomic E-state index is 0.126. The number of rotatable bonds is 4. The van der Waals surface area contributed by atoms with Crippen molar-refractivity contribution in [2.75, 3.05) is 0 Å². The van der Waals surface area contributed by atoms with Crippen molar-refractivity contribution in [3.05, 3.63) is 34.6 Å². The Labute approximate surface area is 98.2 Å². The zero-order chi connectivity index (χ0) is 13.2. The fourth-order valence-electron chi connectivity index (χ4n) is 1.08. The molecule has 0 radical (unpaired) electrons. The largest absolute Gasteiger partial charge is 0.364 e. The van der Waals surface area contributed by atoms with Crippen LogP contribution in [-0.4, -0.2) is 18.1 Å². The molecule has 0 aromatic heterocycles. The van der Waals surface area contributed by atoms with Crippen LogP contribution in [0.5, 0.6) is 0 Å². The maximum atomic E-state index is 12.6. The van der Waals surface area contributed by atoms with Crippen LogP contribution in [-0.2, 0) is 11.2 Å². The van der Waals surface area contributed by atoms with Crippen LogP contribution in [0.3, 0.4) is 0 Å². The third-order valence-corrected chi connectivity index (χ3v) is 2.36. The van der Waals surface area contributed by atoms with E-state index in [0.29, 0.717) is 0 Å². The fourth-order valence-corrected chi connectivity index (χ4v) is 1.31. The Balaban J connectivity index is 2.89. The van der Waals surface area contributed by atoms with Crippen molar-refractivity contribution < 1.29 is 26.7 Å². The Morgan fingerprint density at radius 1 is 1.35 bits per heavy atom. The quantitative estimate of drug-likeness (QED) is 0.767. The summed E-state index contributed by atoms with van der Waals surface area (Å²) in [5, 5.41) is -0.261. The molecule has 0 aliphatic carbocycles. The van der Waals surface area contributed by atoms with Gasteiger partial charge in [0, 0.05) is 11.4 Å². The zero-order valence-corrected chi connectivity index (χ0v) is 8.95. The molecule has 0 amide bonds. The summed E-state index contributed by atoms with van der Waals surface area (Å²) in [6.45, 7) is 0. The van der Waals surface area contributed by atoms with Crippen molar-refractivity contribution in [3.63, 3.8) is 0 Å². The summed E-state index contributed by atoms with van der Waals surface area (Å²) in [6, 6.07) is 2.71. The minimum Gasteiger partial charge on any atom is -0.292 e. The van der Waals surface area contributed by atoms with Crippen molar-refractivity contribution in [2.24, 2.45) is 0 Å². The average molecular weight is 273 g/mol. The molecule has 1 aromatic rings. The summed E-state index contributed by atoms with van der Waals surface area (Å²) in [7, 11) is 0. The Morgan fingerprint density at radius 3 is 2.41 bits per heavy atom. The molecular formula is C10H6ClF5O. The number of benzene rings is 1. The number of halogens is 6. The second kappa shape index (κ2) is 5.00. The smallest absolute Gasteiger partial charge is 0.292 e. The van der Waals surface area contributed by atoms with Gasteiger partial charge in [0.2, 0.25) is 5.78 Å². The summed E-state index contributed by atoms with van der Waals surface area (Å²) in [4.78, 5) is 10.9. The maximum Gasteiger partial charge on any atom is 0.364 e. The molecule has 0 fully saturated rings. The van der Waals surface area contributed by atoms with Crippen molar-refractivity contribution in [1.82, 2.24) is 0 Å². The van der Waals surface area contributed by atoms with Crippen molar-refractivity contribution in [1.29, 1.82) is 0 Å². The van der Waals surface area contributed by atoms with E-state index in [-0.39, 0.29) is 10.6 Å². The van der Waals surface area contributed by atoms with Gasteiger partial charge in [0.15, 0.2) is 0 Å². The highest BCUT2D eigenvalue weighted by Gasteiger charge is 2.48. The first kappa shape index (κ1) is 13.9. The van der Waals surface area contributed by atoms with Gasteiger partial charge in [-0.25, -0.2) is 13.2 Å². The number of Topliss-reactive ketones (excluding diaryl/α,β-unsaturated/α-hetero) is 1. The monoisotopic (exact) mass is 272 g/mol. The second-order valence-corrected chi connectivity index (χ2v) is 3.67. The van der Waals surface area contributed by atoms with Crippen LogP contribution in [0, 0.1) is 5.82 Å². The first-order valence-electron chi connectivity index (χ1n) is 4.38. The Hall–Kier alpha value is -1.17. The molecule has 1 aromatic carbocycles. The molecule has 1 nitrogen and oxygen atoms in total. The summed E-state index contributed by atoms with van der Waals surface area (Å²) in [5.74, 6) is -7.40. The molecule has 0 heterocycles. The molecule has 17 heavy (non-hydrogen) atoms. The topological polar surface area (TPSA) is 17.1 Å². The number of alkyl halides is 4. The number of carbonyl (C=O) groups is 1. The van der Waals surface area contributed by atoms with E-state index in [4.69, 9.17) is 11.6 Å². The Morgan fingerprint density at radius 2 is 1.94 bits per heavy atom. The summed E-state index contributed by atoms with van der Waals surface area (Å²) in [6.07, 6.45) is -5.05. The van der Waals surface area contributed by atoms with Gasteiger partial charge in [0.05, 0.1) is 0 Å². The number of carbonyl (C=O) groups excluding carboxylic acids is 1. The molecule has 0 saturated carbocycles. The molecule has 0 aliphatic rings. The summed E-state index contributed by atoms with van der Waals surface area (Å²) in [5.41, 5.74) is -0.126. The van der Waals surface area contributed by atoms with Crippen LogP contribution in [0.25, 0.3) is 0 Å². The van der Waals surface area contributed by atoms with Crippen LogP contribution >= 0.6 is 11.6 Å². The minimum atomic E-state index is -4.72. The molecule has 7 heteroatoms. The molecule has 94 valence electrons. The highest BCUT2D eigenvalue weighted by molar-refractivity contribution is 6.31. The van der Waals surface area contributed by atoms with E-state index >= 15 is 0 Å². The SMILES string of the molecule is O=C(Cc1ccc(F)cc1Cl)C(F)(F)C(F)F. The fraction of sp³-hybridized carbons (Fsp3) is 0.300. The van der Waals surface area contributed by atoms with Gasteiger partial charge in [0.25, 0.3) is 0 Å². The Bertz CT molecular complexity index is 433. The van der Waals surface area contributed by atoms with Crippen LogP contribution in [0.1, 0.15) is 5.56 Å². The van der Waals surface area contributed by atoms with Gasteiger partial charge in [-0.1, -0.05) is 17.7 Å². The lowest BCUT2D eigenvalue weighted by Crippen LogP contribution is -2.37.